The summed E-state index contributed by atoms with van der Waals surface area (Å²) in [6.45, 7) is 0. The molecule has 130 valence electrons. The van der Waals surface area contributed by atoms with Crippen molar-refractivity contribution in [3.05, 3.63) is 41.6 Å². The lowest BCUT2D eigenvalue weighted by Gasteiger charge is -2.17. The number of aromatic amines is 1. The molecule has 0 saturated carbocycles. The largest absolute Gasteiger partial charge is 0.497 e. The van der Waals surface area contributed by atoms with Gasteiger partial charge >= 0.3 is 0 Å². The van der Waals surface area contributed by atoms with Gasteiger partial charge < -0.3 is 9.72 Å². The summed E-state index contributed by atoms with van der Waals surface area (Å²) in [6.07, 6.45) is 11.8. The second-order valence-corrected chi connectivity index (χ2v) is 7.48. The third kappa shape index (κ3) is 3.15. The van der Waals surface area contributed by atoms with Gasteiger partial charge in [-0.1, -0.05) is 12.8 Å². The van der Waals surface area contributed by atoms with E-state index in [1.165, 1.54) is 60.1 Å². The number of fused-ring (bicyclic) bond motifs is 2. The predicted octanol–water partition coefficient (Wildman–Crippen LogP) is 5.62. The van der Waals surface area contributed by atoms with Crippen molar-refractivity contribution in [1.82, 2.24) is 9.97 Å². The van der Waals surface area contributed by atoms with Crippen LogP contribution in [0.1, 0.15) is 36.8 Å². The van der Waals surface area contributed by atoms with E-state index in [9.17, 15) is 0 Å². The quantitative estimate of drug-likeness (QED) is 0.622. The van der Waals surface area contributed by atoms with E-state index in [4.69, 9.17) is 9.72 Å². The van der Waals surface area contributed by atoms with Crippen LogP contribution in [0, 0.1) is 0 Å². The van der Waals surface area contributed by atoms with Gasteiger partial charge in [0.1, 0.15) is 5.75 Å². The molecule has 3 nitrogen and oxygen atoms in total. The van der Waals surface area contributed by atoms with Crippen molar-refractivity contribution >= 4 is 22.7 Å². The standard InChI is InChI=1S/C21H24N2OS/c1-24-15-9-10-19-17(12-15)18(13-22-19)20-11-14-7-5-3-4-6-8-16(14)21(23-20)25-2/h9-13,22H,3-8H2,1-2H3. The highest BCUT2D eigenvalue weighted by Crippen LogP contribution is 2.35. The van der Waals surface area contributed by atoms with E-state index in [0.717, 1.165) is 22.5 Å². The van der Waals surface area contributed by atoms with Crippen molar-refractivity contribution in [2.75, 3.05) is 13.4 Å². The molecule has 1 N–H and O–H groups in total. The van der Waals surface area contributed by atoms with Crippen LogP contribution in [-0.4, -0.2) is 23.3 Å². The van der Waals surface area contributed by atoms with Gasteiger partial charge in [-0.25, -0.2) is 4.98 Å². The van der Waals surface area contributed by atoms with Crippen LogP contribution in [0.2, 0.25) is 0 Å². The fourth-order valence-electron chi connectivity index (χ4n) is 3.81. The number of pyridine rings is 1. The SMILES string of the molecule is COc1ccc2[nH]cc(-c3cc4c(c(SC)n3)CCCCCC4)c2c1. The summed E-state index contributed by atoms with van der Waals surface area (Å²) in [6, 6.07) is 8.48. The van der Waals surface area contributed by atoms with Crippen LogP contribution < -0.4 is 4.74 Å². The number of nitrogens with one attached hydrogen (secondary N) is 1. The summed E-state index contributed by atoms with van der Waals surface area (Å²) >= 11 is 1.78. The van der Waals surface area contributed by atoms with Crippen LogP contribution in [0.25, 0.3) is 22.2 Å². The fourth-order valence-corrected chi connectivity index (χ4v) is 4.47. The molecular weight excluding hydrogens is 328 g/mol. The molecule has 0 bridgehead atoms. The molecule has 2 heterocycles. The minimum absolute atomic E-state index is 0.879. The molecule has 0 radical (unpaired) electrons. The molecule has 2 aromatic heterocycles. The lowest BCUT2D eigenvalue weighted by atomic mass is 9.93. The Labute approximate surface area is 153 Å². The van der Waals surface area contributed by atoms with Gasteiger partial charge in [-0.2, -0.15) is 0 Å². The Morgan fingerprint density at radius 2 is 1.92 bits per heavy atom. The molecule has 1 aliphatic carbocycles. The Kier molecular flexibility index (Phi) is 4.71. The Morgan fingerprint density at radius 3 is 2.72 bits per heavy atom. The van der Waals surface area contributed by atoms with E-state index in [2.05, 4.69) is 35.6 Å². The number of ether oxygens (including phenoxy) is 1. The van der Waals surface area contributed by atoms with E-state index in [0.29, 0.717) is 0 Å². The van der Waals surface area contributed by atoms with Crippen molar-refractivity contribution in [1.29, 1.82) is 0 Å². The molecule has 1 aromatic carbocycles. The Balaban J connectivity index is 1.86. The van der Waals surface area contributed by atoms with Gasteiger partial charge in [0.15, 0.2) is 0 Å². The molecule has 3 aromatic rings. The maximum atomic E-state index is 5.41. The molecular formula is C21H24N2OS. The van der Waals surface area contributed by atoms with E-state index < -0.39 is 0 Å². The lowest BCUT2D eigenvalue weighted by molar-refractivity contribution is 0.415. The average molecular weight is 353 g/mol. The highest BCUT2D eigenvalue weighted by Gasteiger charge is 2.17. The molecule has 0 aliphatic heterocycles. The molecule has 0 fully saturated rings. The molecule has 0 amide bonds. The van der Waals surface area contributed by atoms with Gasteiger partial charge in [0, 0.05) is 22.7 Å². The minimum atomic E-state index is 0.879. The number of hydrogen-bond donors (Lipinski definition) is 1. The van der Waals surface area contributed by atoms with E-state index >= 15 is 0 Å². The molecule has 0 atom stereocenters. The highest BCUT2D eigenvalue weighted by atomic mass is 32.2. The zero-order chi connectivity index (χ0) is 17.2. The van der Waals surface area contributed by atoms with Crippen LogP contribution in [0.4, 0.5) is 0 Å². The summed E-state index contributed by atoms with van der Waals surface area (Å²) in [5, 5.41) is 2.37. The number of hydrogen-bond acceptors (Lipinski definition) is 3. The summed E-state index contributed by atoms with van der Waals surface area (Å²) < 4.78 is 5.41. The van der Waals surface area contributed by atoms with E-state index in [-0.39, 0.29) is 0 Å². The number of H-pyrrole nitrogens is 1. The van der Waals surface area contributed by atoms with Crippen molar-refractivity contribution in [2.24, 2.45) is 0 Å². The molecule has 25 heavy (non-hydrogen) atoms. The first-order chi connectivity index (χ1) is 12.3. The van der Waals surface area contributed by atoms with Crippen LogP contribution >= 0.6 is 11.8 Å². The Morgan fingerprint density at radius 1 is 1.08 bits per heavy atom. The van der Waals surface area contributed by atoms with Crippen LogP contribution in [-0.2, 0) is 12.8 Å². The first-order valence-corrected chi connectivity index (χ1v) is 10.2. The Hall–Kier alpha value is -1.94. The number of rotatable bonds is 3. The second-order valence-electron chi connectivity index (χ2n) is 6.68. The maximum Gasteiger partial charge on any atom is 0.119 e. The van der Waals surface area contributed by atoms with Crippen molar-refractivity contribution in [2.45, 2.75) is 43.6 Å². The van der Waals surface area contributed by atoms with Gasteiger partial charge in [0.25, 0.3) is 0 Å². The molecule has 4 rings (SSSR count). The van der Waals surface area contributed by atoms with Gasteiger partial charge in [-0.15, -0.1) is 11.8 Å². The third-order valence-electron chi connectivity index (χ3n) is 5.16. The minimum Gasteiger partial charge on any atom is -0.497 e. The first kappa shape index (κ1) is 16.5. The van der Waals surface area contributed by atoms with Crippen molar-refractivity contribution in [3.8, 4) is 17.0 Å². The topological polar surface area (TPSA) is 37.9 Å². The maximum absolute atomic E-state index is 5.41. The zero-order valence-corrected chi connectivity index (χ0v) is 15.7. The fraction of sp³-hybridized carbons (Fsp3) is 0.381. The summed E-state index contributed by atoms with van der Waals surface area (Å²) in [5.74, 6) is 0.879. The smallest absolute Gasteiger partial charge is 0.119 e. The number of aromatic nitrogens is 2. The van der Waals surface area contributed by atoms with E-state index in [1.807, 2.05) is 6.07 Å². The van der Waals surface area contributed by atoms with Gasteiger partial charge in [-0.3, -0.25) is 0 Å². The highest BCUT2D eigenvalue weighted by molar-refractivity contribution is 7.98. The number of benzene rings is 1. The predicted molar refractivity (Wildman–Crippen MR) is 106 cm³/mol. The number of thioether (sulfide) groups is 1. The molecule has 0 unspecified atom stereocenters. The summed E-state index contributed by atoms with van der Waals surface area (Å²) in [5.41, 5.74) is 6.33. The van der Waals surface area contributed by atoms with Crippen molar-refractivity contribution in [3.63, 3.8) is 0 Å². The lowest BCUT2D eigenvalue weighted by Crippen LogP contribution is -2.04. The zero-order valence-electron chi connectivity index (χ0n) is 14.9. The molecule has 0 saturated heterocycles. The molecule has 1 aliphatic rings. The van der Waals surface area contributed by atoms with Crippen LogP contribution in [0.15, 0.2) is 35.5 Å². The monoisotopic (exact) mass is 352 g/mol. The summed E-state index contributed by atoms with van der Waals surface area (Å²) in [4.78, 5) is 8.40. The average Bonchev–Trinajstić information content (AvgIpc) is 3.04. The Bertz CT molecular complexity index is 900. The number of nitrogens with zero attached hydrogens (tertiary/aromatic N) is 1. The summed E-state index contributed by atoms with van der Waals surface area (Å²) in [7, 11) is 1.71. The second kappa shape index (κ2) is 7.12. The third-order valence-corrected chi connectivity index (χ3v) is 5.88. The normalized spacial score (nSPS) is 14.8. The number of aryl methyl sites for hydroxylation is 1. The van der Waals surface area contributed by atoms with E-state index in [1.54, 1.807) is 18.9 Å². The van der Waals surface area contributed by atoms with Gasteiger partial charge in [0.2, 0.25) is 0 Å². The van der Waals surface area contributed by atoms with Crippen molar-refractivity contribution < 1.29 is 4.74 Å². The number of methoxy groups -OCH3 is 1. The molecule has 0 spiro atoms. The van der Waals surface area contributed by atoms with Gasteiger partial charge in [-0.05, 0) is 67.3 Å². The van der Waals surface area contributed by atoms with Crippen LogP contribution in [0.5, 0.6) is 5.75 Å². The van der Waals surface area contributed by atoms with Crippen LogP contribution in [0.3, 0.4) is 0 Å². The molecule has 4 heteroatoms. The first-order valence-electron chi connectivity index (χ1n) is 9.02. The van der Waals surface area contributed by atoms with Gasteiger partial charge in [0.05, 0.1) is 17.8 Å².